The van der Waals surface area contributed by atoms with Gasteiger partial charge in [-0.15, -0.1) is 0 Å². The average Bonchev–Trinajstić information content (AvgIpc) is 2.82. The third kappa shape index (κ3) is 2.73. The van der Waals surface area contributed by atoms with Crippen molar-refractivity contribution in [2.45, 2.75) is 6.54 Å². The van der Waals surface area contributed by atoms with Crippen molar-refractivity contribution in [2.75, 3.05) is 24.2 Å². The second kappa shape index (κ2) is 5.16. The Morgan fingerprint density at radius 1 is 1.31 bits per heavy atom. The number of rotatable bonds is 5. The summed E-state index contributed by atoms with van der Waals surface area (Å²) in [6, 6.07) is 5.86. The summed E-state index contributed by atoms with van der Waals surface area (Å²) in [5, 5.41) is 6.26. The van der Waals surface area contributed by atoms with E-state index in [0.29, 0.717) is 0 Å². The largest absolute Gasteiger partial charge is 0.373 e. The van der Waals surface area contributed by atoms with Crippen molar-refractivity contribution in [3.8, 4) is 0 Å². The van der Waals surface area contributed by atoms with E-state index in [1.807, 2.05) is 36.0 Å². The van der Waals surface area contributed by atoms with Gasteiger partial charge < -0.3 is 15.2 Å². The van der Waals surface area contributed by atoms with Crippen LogP contribution in [-0.2, 0) is 6.54 Å². The predicted octanol–water partition coefficient (Wildman–Crippen LogP) is 1.43. The van der Waals surface area contributed by atoms with Crippen LogP contribution >= 0.6 is 0 Å². The van der Waals surface area contributed by atoms with E-state index in [2.05, 4.69) is 20.6 Å². The quantitative estimate of drug-likeness (QED) is 0.795. The number of hydrogen-bond donors (Lipinski definition) is 2. The number of imidazole rings is 1. The molecule has 2 aromatic rings. The third-order valence-electron chi connectivity index (χ3n) is 2.24. The summed E-state index contributed by atoms with van der Waals surface area (Å²) in [6.07, 6.45) is 5.53. The fourth-order valence-electron chi connectivity index (χ4n) is 1.40. The zero-order valence-corrected chi connectivity index (χ0v) is 9.22. The van der Waals surface area contributed by atoms with E-state index in [-0.39, 0.29) is 0 Å². The topological polar surface area (TPSA) is 54.8 Å². The molecule has 0 spiro atoms. The van der Waals surface area contributed by atoms with Crippen LogP contribution in [0.1, 0.15) is 0 Å². The van der Waals surface area contributed by atoms with Gasteiger partial charge in [-0.05, 0) is 12.1 Å². The Balaban J connectivity index is 1.85. The predicted molar refractivity (Wildman–Crippen MR) is 64.5 cm³/mol. The van der Waals surface area contributed by atoms with Crippen LogP contribution in [0.25, 0.3) is 0 Å². The zero-order chi connectivity index (χ0) is 11.2. The van der Waals surface area contributed by atoms with Gasteiger partial charge in [0.15, 0.2) is 0 Å². The lowest BCUT2D eigenvalue weighted by Gasteiger charge is -2.07. The van der Waals surface area contributed by atoms with E-state index in [1.165, 1.54) is 0 Å². The number of anilines is 2. The molecule has 2 aromatic heterocycles. The number of nitrogens with zero attached hydrogens (tertiary/aromatic N) is 3. The Kier molecular flexibility index (Phi) is 3.38. The first kappa shape index (κ1) is 10.5. The molecule has 0 saturated heterocycles. The van der Waals surface area contributed by atoms with Gasteiger partial charge in [0, 0.05) is 32.5 Å². The van der Waals surface area contributed by atoms with Crippen molar-refractivity contribution in [2.24, 2.45) is 0 Å². The molecule has 0 aliphatic rings. The Morgan fingerprint density at radius 2 is 2.19 bits per heavy atom. The third-order valence-corrected chi connectivity index (χ3v) is 2.24. The highest BCUT2D eigenvalue weighted by atomic mass is 15.1. The molecule has 0 unspecified atom stereocenters. The van der Waals surface area contributed by atoms with E-state index in [1.54, 1.807) is 12.5 Å². The molecular formula is C11H15N5. The van der Waals surface area contributed by atoms with Gasteiger partial charge >= 0.3 is 0 Å². The normalized spacial score (nSPS) is 10.1. The monoisotopic (exact) mass is 217 g/mol. The first-order valence-electron chi connectivity index (χ1n) is 5.23. The van der Waals surface area contributed by atoms with Crippen LogP contribution in [0.5, 0.6) is 0 Å². The van der Waals surface area contributed by atoms with E-state index in [4.69, 9.17) is 0 Å². The highest BCUT2D eigenvalue weighted by molar-refractivity contribution is 5.44. The fourth-order valence-corrected chi connectivity index (χ4v) is 1.40. The maximum atomic E-state index is 4.36. The minimum absolute atomic E-state index is 0.830. The van der Waals surface area contributed by atoms with E-state index >= 15 is 0 Å². The summed E-state index contributed by atoms with van der Waals surface area (Å²) in [5.41, 5.74) is 0. The second-order valence-corrected chi connectivity index (χ2v) is 3.39. The van der Waals surface area contributed by atoms with Gasteiger partial charge in [-0.1, -0.05) is 6.07 Å². The first-order chi connectivity index (χ1) is 7.88. The van der Waals surface area contributed by atoms with Crippen LogP contribution in [0, 0.1) is 0 Å². The molecule has 0 aliphatic carbocycles. The summed E-state index contributed by atoms with van der Waals surface area (Å²) in [4.78, 5) is 8.35. The average molecular weight is 217 g/mol. The van der Waals surface area contributed by atoms with Crippen molar-refractivity contribution in [1.29, 1.82) is 0 Å². The first-order valence-corrected chi connectivity index (χ1v) is 5.23. The van der Waals surface area contributed by atoms with Gasteiger partial charge in [0.05, 0.1) is 6.33 Å². The van der Waals surface area contributed by atoms with Crippen molar-refractivity contribution in [3.63, 3.8) is 0 Å². The summed E-state index contributed by atoms with van der Waals surface area (Å²) >= 11 is 0. The highest BCUT2D eigenvalue weighted by Gasteiger charge is 1.95. The minimum Gasteiger partial charge on any atom is -0.373 e. The molecule has 0 bridgehead atoms. The number of pyridine rings is 1. The van der Waals surface area contributed by atoms with Gasteiger partial charge in [-0.25, -0.2) is 9.97 Å². The lowest BCUT2D eigenvalue weighted by Crippen LogP contribution is -2.10. The molecule has 0 aromatic carbocycles. The second-order valence-electron chi connectivity index (χ2n) is 3.39. The van der Waals surface area contributed by atoms with Gasteiger partial charge in [0.1, 0.15) is 11.6 Å². The zero-order valence-electron chi connectivity index (χ0n) is 9.22. The van der Waals surface area contributed by atoms with Crippen molar-refractivity contribution in [1.82, 2.24) is 14.5 Å². The fraction of sp³-hybridized carbons (Fsp3) is 0.273. The van der Waals surface area contributed by atoms with Crippen LogP contribution in [0.15, 0.2) is 36.9 Å². The SMILES string of the molecule is CNc1cccc(NCCn2ccnc2)n1. The molecule has 84 valence electrons. The Hall–Kier alpha value is -2.04. The summed E-state index contributed by atoms with van der Waals surface area (Å²) in [5.74, 6) is 1.75. The minimum atomic E-state index is 0.830. The van der Waals surface area contributed by atoms with Crippen LogP contribution in [0.3, 0.4) is 0 Å². The van der Waals surface area contributed by atoms with Gasteiger partial charge in [0.25, 0.3) is 0 Å². The maximum Gasteiger partial charge on any atom is 0.128 e. The van der Waals surface area contributed by atoms with Crippen LogP contribution in [0.2, 0.25) is 0 Å². The molecule has 0 radical (unpaired) electrons. The lowest BCUT2D eigenvalue weighted by molar-refractivity contribution is 0.725. The summed E-state index contributed by atoms with van der Waals surface area (Å²) in [6.45, 7) is 1.71. The van der Waals surface area contributed by atoms with Crippen LogP contribution in [-0.4, -0.2) is 28.1 Å². The van der Waals surface area contributed by atoms with Crippen molar-refractivity contribution >= 4 is 11.6 Å². The number of nitrogens with one attached hydrogen (secondary N) is 2. The van der Waals surface area contributed by atoms with Crippen molar-refractivity contribution in [3.05, 3.63) is 36.9 Å². The maximum absolute atomic E-state index is 4.36. The van der Waals surface area contributed by atoms with Gasteiger partial charge in [0.2, 0.25) is 0 Å². The molecule has 0 aliphatic heterocycles. The molecule has 0 amide bonds. The highest BCUT2D eigenvalue weighted by Crippen LogP contribution is 2.07. The molecule has 0 atom stereocenters. The van der Waals surface area contributed by atoms with Gasteiger partial charge in [-0.2, -0.15) is 0 Å². The standard InChI is InChI=1S/C11H15N5/c1-12-10-3-2-4-11(15-10)14-6-8-16-7-5-13-9-16/h2-5,7,9H,6,8H2,1H3,(H2,12,14,15). The molecule has 0 saturated carbocycles. The van der Waals surface area contributed by atoms with E-state index < -0.39 is 0 Å². The number of aromatic nitrogens is 3. The Labute approximate surface area is 94.5 Å². The van der Waals surface area contributed by atoms with Crippen LogP contribution < -0.4 is 10.6 Å². The smallest absolute Gasteiger partial charge is 0.128 e. The van der Waals surface area contributed by atoms with Crippen LogP contribution in [0.4, 0.5) is 11.6 Å². The molecule has 5 heteroatoms. The van der Waals surface area contributed by atoms with Gasteiger partial charge in [-0.3, -0.25) is 0 Å². The summed E-state index contributed by atoms with van der Waals surface area (Å²) < 4.78 is 2.02. The summed E-state index contributed by atoms with van der Waals surface area (Å²) in [7, 11) is 1.86. The lowest BCUT2D eigenvalue weighted by atomic mass is 10.4. The molecule has 0 fully saturated rings. The Bertz CT molecular complexity index is 424. The van der Waals surface area contributed by atoms with Crippen molar-refractivity contribution < 1.29 is 0 Å². The molecule has 5 nitrogen and oxygen atoms in total. The molecule has 16 heavy (non-hydrogen) atoms. The van der Waals surface area contributed by atoms with E-state index in [9.17, 15) is 0 Å². The van der Waals surface area contributed by atoms with E-state index in [0.717, 1.165) is 24.7 Å². The Morgan fingerprint density at radius 3 is 2.94 bits per heavy atom. The number of hydrogen-bond acceptors (Lipinski definition) is 4. The molecule has 2 heterocycles. The molecular weight excluding hydrogens is 202 g/mol. The molecule has 2 rings (SSSR count). The molecule has 2 N–H and O–H groups in total.